The highest BCUT2D eigenvalue weighted by molar-refractivity contribution is 5.90. The number of nitrogens with one attached hydrogen (secondary N) is 1. The highest BCUT2D eigenvalue weighted by Gasteiger charge is 2.11. The van der Waals surface area contributed by atoms with Crippen molar-refractivity contribution in [3.8, 4) is 5.82 Å². The number of para-hydroxylation sites is 1. The molecule has 2 heterocycles. The largest absolute Gasteiger partial charge is 0.364 e. The Morgan fingerprint density at radius 2 is 2.18 bits per heavy atom. The Balaban J connectivity index is 2.17. The molecule has 0 aliphatic rings. The first-order valence-electron chi connectivity index (χ1n) is 4.91. The van der Waals surface area contributed by atoms with Crippen LogP contribution in [0.2, 0.25) is 0 Å². The zero-order valence-electron chi connectivity index (χ0n) is 8.66. The van der Waals surface area contributed by atoms with Crippen LogP contribution in [0.1, 0.15) is 10.5 Å². The quantitative estimate of drug-likeness (QED) is 0.655. The second-order valence-corrected chi connectivity index (χ2v) is 3.51. The van der Waals surface area contributed by atoms with Gasteiger partial charge in [0.15, 0.2) is 11.5 Å². The maximum absolute atomic E-state index is 10.9. The van der Waals surface area contributed by atoms with Crippen LogP contribution in [-0.2, 0) is 0 Å². The minimum absolute atomic E-state index is 0.108. The number of carbonyl (C=O) groups excluding carboxylic acids is 1. The number of H-pyrrole nitrogens is 1. The van der Waals surface area contributed by atoms with Crippen LogP contribution >= 0.6 is 0 Å². The van der Waals surface area contributed by atoms with E-state index in [0.29, 0.717) is 5.82 Å². The fourth-order valence-electron chi connectivity index (χ4n) is 1.60. The van der Waals surface area contributed by atoms with Gasteiger partial charge in [0.05, 0.1) is 11.7 Å². The summed E-state index contributed by atoms with van der Waals surface area (Å²) in [5.41, 5.74) is 6.11. The van der Waals surface area contributed by atoms with Gasteiger partial charge in [-0.15, -0.1) is 5.10 Å². The smallest absolute Gasteiger partial charge is 0.270 e. The van der Waals surface area contributed by atoms with Crippen molar-refractivity contribution in [2.75, 3.05) is 0 Å². The van der Waals surface area contributed by atoms with E-state index in [1.807, 2.05) is 24.3 Å². The fraction of sp³-hybridized carbons (Fsp3) is 0. The van der Waals surface area contributed by atoms with Gasteiger partial charge in [0.2, 0.25) is 0 Å². The first-order chi connectivity index (χ1) is 8.25. The maximum atomic E-state index is 10.9. The minimum Gasteiger partial charge on any atom is -0.364 e. The number of amides is 1. The number of primary amides is 1. The molecule has 17 heavy (non-hydrogen) atoms. The summed E-state index contributed by atoms with van der Waals surface area (Å²) in [6, 6.07) is 7.60. The number of carbonyl (C=O) groups is 1. The molecule has 3 aromatic rings. The average molecular weight is 228 g/mol. The second-order valence-electron chi connectivity index (χ2n) is 3.51. The molecule has 3 rings (SSSR count). The van der Waals surface area contributed by atoms with Crippen LogP contribution in [0.4, 0.5) is 0 Å². The summed E-state index contributed by atoms with van der Waals surface area (Å²) < 4.78 is 1.42. The van der Waals surface area contributed by atoms with Gasteiger partial charge in [-0.2, -0.15) is 9.78 Å². The van der Waals surface area contributed by atoms with Crippen molar-refractivity contribution in [3.63, 3.8) is 0 Å². The monoisotopic (exact) mass is 228 g/mol. The van der Waals surface area contributed by atoms with E-state index in [4.69, 9.17) is 5.73 Å². The second kappa shape index (κ2) is 3.41. The molecule has 1 amide bonds. The van der Waals surface area contributed by atoms with Crippen molar-refractivity contribution in [3.05, 3.63) is 36.2 Å². The zero-order valence-corrected chi connectivity index (χ0v) is 8.66. The molecule has 0 saturated heterocycles. The van der Waals surface area contributed by atoms with Crippen molar-refractivity contribution >= 4 is 16.8 Å². The lowest BCUT2D eigenvalue weighted by atomic mass is 10.2. The molecule has 3 N–H and O–H groups in total. The van der Waals surface area contributed by atoms with Crippen molar-refractivity contribution < 1.29 is 4.79 Å². The molecule has 1 aromatic carbocycles. The van der Waals surface area contributed by atoms with Crippen molar-refractivity contribution in [2.24, 2.45) is 5.73 Å². The number of benzene rings is 1. The molecular weight excluding hydrogens is 220 g/mol. The van der Waals surface area contributed by atoms with Crippen LogP contribution in [0.15, 0.2) is 30.5 Å². The Morgan fingerprint density at radius 3 is 2.94 bits per heavy atom. The lowest BCUT2D eigenvalue weighted by Crippen LogP contribution is -2.11. The molecule has 0 aliphatic carbocycles. The molecule has 0 saturated carbocycles. The molecule has 0 radical (unpaired) electrons. The minimum atomic E-state index is -0.615. The molecule has 0 aliphatic heterocycles. The van der Waals surface area contributed by atoms with Gasteiger partial charge in [-0.1, -0.05) is 17.3 Å². The highest BCUT2D eigenvalue weighted by Crippen LogP contribution is 2.17. The van der Waals surface area contributed by atoms with Crippen LogP contribution in [-0.4, -0.2) is 31.1 Å². The van der Waals surface area contributed by atoms with Crippen molar-refractivity contribution in [1.82, 2.24) is 25.2 Å². The standard InChI is InChI=1S/C10H8N6O/c11-9(17)8-5-16(15-13-8)10-6-3-1-2-4-7(6)12-14-10/h1-5H,(H2,11,17)(H,12,14). The van der Waals surface area contributed by atoms with Gasteiger partial charge in [0.1, 0.15) is 0 Å². The van der Waals surface area contributed by atoms with Gasteiger partial charge in [0.25, 0.3) is 5.91 Å². The lowest BCUT2D eigenvalue weighted by molar-refractivity contribution is 0.0995. The first kappa shape index (κ1) is 9.52. The number of aromatic amines is 1. The zero-order chi connectivity index (χ0) is 11.8. The average Bonchev–Trinajstić information content (AvgIpc) is 2.95. The van der Waals surface area contributed by atoms with E-state index in [9.17, 15) is 4.79 Å². The van der Waals surface area contributed by atoms with Gasteiger partial charge in [-0.3, -0.25) is 9.89 Å². The Kier molecular flexibility index (Phi) is 1.91. The predicted molar refractivity (Wildman–Crippen MR) is 59.5 cm³/mol. The first-order valence-corrected chi connectivity index (χ1v) is 4.91. The Morgan fingerprint density at radius 1 is 1.35 bits per heavy atom. The van der Waals surface area contributed by atoms with Crippen LogP contribution in [0, 0.1) is 0 Å². The third kappa shape index (κ3) is 1.44. The summed E-state index contributed by atoms with van der Waals surface area (Å²) in [5.74, 6) is -0.0308. The maximum Gasteiger partial charge on any atom is 0.270 e. The fourth-order valence-corrected chi connectivity index (χ4v) is 1.60. The number of nitrogens with two attached hydrogens (primary N) is 1. The topological polar surface area (TPSA) is 102 Å². The van der Waals surface area contributed by atoms with Crippen LogP contribution < -0.4 is 5.73 Å². The molecule has 0 atom stereocenters. The Hall–Kier alpha value is -2.70. The van der Waals surface area contributed by atoms with Crippen molar-refractivity contribution in [1.29, 1.82) is 0 Å². The number of fused-ring (bicyclic) bond motifs is 1. The number of hydrogen-bond donors (Lipinski definition) is 2. The van der Waals surface area contributed by atoms with E-state index in [2.05, 4.69) is 20.5 Å². The van der Waals surface area contributed by atoms with E-state index in [1.54, 1.807) is 0 Å². The van der Waals surface area contributed by atoms with E-state index < -0.39 is 5.91 Å². The molecule has 7 heteroatoms. The van der Waals surface area contributed by atoms with Gasteiger partial charge < -0.3 is 5.73 Å². The third-order valence-corrected chi connectivity index (χ3v) is 2.41. The molecule has 0 bridgehead atoms. The van der Waals surface area contributed by atoms with E-state index in [-0.39, 0.29) is 5.69 Å². The Labute approximate surface area is 95.2 Å². The third-order valence-electron chi connectivity index (χ3n) is 2.41. The number of rotatable bonds is 2. The summed E-state index contributed by atoms with van der Waals surface area (Å²) in [6.45, 7) is 0. The molecule has 0 spiro atoms. The van der Waals surface area contributed by atoms with Crippen molar-refractivity contribution in [2.45, 2.75) is 0 Å². The summed E-state index contributed by atoms with van der Waals surface area (Å²) in [6.07, 6.45) is 1.45. The summed E-state index contributed by atoms with van der Waals surface area (Å²) >= 11 is 0. The molecule has 2 aromatic heterocycles. The van der Waals surface area contributed by atoms with Gasteiger partial charge in [-0.25, -0.2) is 0 Å². The van der Waals surface area contributed by atoms with Gasteiger partial charge in [0, 0.05) is 5.39 Å². The van der Waals surface area contributed by atoms with E-state index in [0.717, 1.165) is 10.9 Å². The number of hydrogen-bond acceptors (Lipinski definition) is 4. The Bertz CT molecular complexity index is 697. The number of nitrogens with zero attached hydrogens (tertiary/aromatic N) is 4. The predicted octanol–water partition coefficient (Wildman–Crippen LogP) is 0.242. The summed E-state index contributed by atoms with van der Waals surface area (Å²) in [5, 5.41) is 15.4. The van der Waals surface area contributed by atoms with Crippen LogP contribution in [0.5, 0.6) is 0 Å². The highest BCUT2D eigenvalue weighted by atomic mass is 16.1. The normalized spacial score (nSPS) is 10.8. The van der Waals surface area contributed by atoms with Crippen LogP contribution in [0.25, 0.3) is 16.7 Å². The van der Waals surface area contributed by atoms with Crippen LogP contribution in [0.3, 0.4) is 0 Å². The molecule has 0 fully saturated rings. The molecule has 84 valence electrons. The van der Waals surface area contributed by atoms with Gasteiger partial charge in [-0.05, 0) is 12.1 Å². The van der Waals surface area contributed by atoms with Gasteiger partial charge >= 0.3 is 0 Å². The van der Waals surface area contributed by atoms with E-state index >= 15 is 0 Å². The molecule has 0 unspecified atom stereocenters. The van der Waals surface area contributed by atoms with E-state index in [1.165, 1.54) is 10.9 Å². The lowest BCUT2D eigenvalue weighted by Gasteiger charge is -1.93. The molecular formula is C10H8N6O. The SMILES string of the molecule is NC(=O)c1cn(-c2n[nH]c3ccccc23)nn1. The number of aromatic nitrogens is 5. The summed E-state index contributed by atoms with van der Waals surface area (Å²) in [7, 11) is 0. The summed E-state index contributed by atoms with van der Waals surface area (Å²) in [4.78, 5) is 10.9. The molecule has 7 nitrogen and oxygen atoms in total.